The highest BCUT2D eigenvalue weighted by Crippen LogP contribution is 2.35. The molecule has 0 unspecified atom stereocenters. The van der Waals surface area contributed by atoms with Gasteiger partial charge in [-0.2, -0.15) is 8.78 Å². The second-order valence-electron chi connectivity index (χ2n) is 2.97. The van der Waals surface area contributed by atoms with E-state index in [0.29, 0.717) is 14.5 Å². The van der Waals surface area contributed by atoms with Crippen LogP contribution in [0.3, 0.4) is 0 Å². The minimum Gasteiger partial charge on any atom is -0.469 e. The molecule has 94 valence electrons. The van der Waals surface area contributed by atoms with Gasteiger partial charge < -0.3 is 9.47 Å². The molecule has 0 radical (unpaired) electrons. The van der Waals surface area contributed by atoms with Crippen LogP contribution in [0, 0.1) is 0 Å². The average molecular weight is 374 g/mol. The van der Waals surface area contributed by atoms with E-state index in [-0.39, 0.29) is 12.2 Å². The van der Waals surface area contributed by atoms with Crippen LogP contribution in [0.1, 0.15) is 5.56 Å². The molecule has 1 aromatic carbocycles. The predicted octanol–water partition coefficient (Wildman–Crippen LogP) is 3.53. The first-order valence-electron chi connectivity index (χ1n) is 4.44. The quantitative estimate of drug-likeness (QED) is 0.757. The lowest BCUT2D eigenvalue weighted by Gasteiger charge is -2.11. The molecule has 0 heterocycles. The van der Waals surface area contributed by atoms with E-state index in [4.69, 9.17) is 0 Å². The highest BCUT2D eigenvalue weighted by molar-refractivity contribution is 9.11. The van der Waals surface area contributed by atoms with Crippen LogP contribution in [-0.4, -0.2) is 19.7 Å². The Balaban J connectivity index is 3.06. The van der Waals surface area contributed by atoms with Crippen LogP contribution >= 0.6 is 31.9 Å². The number of methoxy groups -OCH3 is 1. The van der Waals surface area contributed by atoms with Crippen molar-refractivity contribution >= 4 is 37.8 Å². The summed E-state index contributed by atoms with van der Waals surface area (Å²) in [5.74, 6) is -0.497. The zero-order chi connectivity index (χ0) is 13.0. The third kappa shape index (κ3) is 3.92. The molecule has 7 heteroatoms. The van der Waals surface area contributed by atoms with Crippen molar-refractivity contribution in [1.29, 1.82) is 0 Å². The summed E-state index contributed by atoms with van der Waals surface area (Å²) in [5.41, 5.74) is 0.495. The third-order valence-corrected chi connectivity index (χ3v) is 3.53. The number of rotatable bonds is 4. The van der Waals surface area contributed by atoms with Gasteiger partial charge >= 0.3 is 12.6 Å². The maximum absolute atomic E-state index is 12.1. The Morgan fingerprint density at radius 2 is 2.06 bits per heavy atom. The second-order valence-corrected chi connectivity index (χ2v) is 4.62. The maximum atomic E-state index is 12.1. The number of esters is 1. The van der Waals surface area contributed by atoms with E-state index in [1.54, 1.807) is 0 Å². The summed E-state index contributed by atoms with van der Waals surface area (Å²) in [6.07, 6.45) is -0.0435. The van der Waals surface area contributed by atoms with Crippen LogP contribution in [0.15, 0.2) is 21.1 Å². The van der Waals surface area contributed by atoms with Gasteiger partial charge in [0.15, 0.2) is 0 Å². The first-order valence-corrected chi connectivity index (χ1v) is 6.02. The van der Waals surface area contributed by atoms with Crippen LogP contribution in [0.4, 0.5) is 8.78 Å². The molecule has 0 N–H and O–H groups in total. The Hall–Kier alpha value is -0.690. The van der Waals surface area contributed by atoms with Crippen molar-refractivity contribution in [2.45, 2.75) is 13.0 Å². The lowest BCUT2D eigenvalue weighted by Crippen LogP contribution is -2.08. The highest BCUT2D eigenvalue weighted by atomic mass is 79.9. The van der Waals surface area contributed by atoms with Gasteiger partial charge in [-0.3, -0.25) is 4.79 Å². The molecule has 0 spiro atoms. The molecule has 0 aliphatic carbocycles. The van der Waals surface area contributed by atoms with Gasteiger partial charge in [0.1, 0.15) is 5.75 Å². The summed E-state index contributed by atoms with van der Waals surface area (Å²) in [7, 11) is 1.25. The summed E-state index contributed by atoms with van der Waals surface area (Å²) < 4.78 is 34.0. The van der Waals surface area contributed by atoms with Crippen LogP contribution in [-0.2, 0) is 16.0 Å². The van der Waals surface area contributed by atoms with Gasteiger partial charge in [-0.25, -0.2) is 0 Å². The van der Waals surface area contributed by atoms with Crippen LogP contribution in [0.2, 0.25) is 0 Å². The van der Waals surface area contributed by atoms with Gasteiger partial charge in [0.05, 0.1) is 18.0 Å². The van der Waals surface area contributed by atoms with Crippen molar-refractivity contribution in [3.63, 3.8) is 0 Å². The average Bonchev–Trinajstić information content (AvgIpc) is 2.27. The Morgan fingerprint density at radius 1 is 1.41 bits per heavy atom. The van der Waals surface area contributed by atoms with Crippen molar-refractivity contribution in [2.24, 2.45) is 0 Å². The molecule has 0 saturated heterocycles. The van der Waals surface area contributed by atoms with E-state index < -0.39 is 12.6 Å². The highest BCUT2D eigenvalue weighted by Gasteiger charge is 2.16. The lowest BCUT2D eigenvalue weighted by molar-refractivity contribution is -0.139. The summed E-state index contributed by atoms with van der Waals surface area (Å²) in [4.78, 5) is 11.2. The Kier molecular flexibility index (Phi) is 5.32. The first kappa shape index (κ1) is 14.4. The van der Waals surface area contributed by atoms with E-state index in [1.165, 1.54) is 19.2 Å². The standard InChI is InChI=1S/C10H8Br2F2O3/c1-16-8(15)4-5-6(11)2-3-7(9(5)12)17-10(13)14/h2-3,10H,4H2,1H3. The van der Waals surface area contributed by atoms with Gasteiger partial charge in [-0.15, -0.1) is 0 Å². The lowest BCUT2D eigenvalue weighted by atomic mass is 10.1. The number of hydrogen-bond donors (Lipinski definition) is 0. The number of hydrogen-bond acceptors (Lipinski definition) is 3. The minimum atomic E-state index is -2.92. The molecule has 0 fully saturated rings. The molecule has 0 aliphatic heterocycles. The van der Waals surface area contributed by atoms with Crippen molar-refractivity contribution < 1.29 is 23.0 Å². The molecule has 0 saturated carbocycles. The Labute approximate surface area is 113 Å². The maximum Gasteiger partial charge on any atom is 0.387 e. The van der Waals surface area contributed by atoms with Crippen LogP contribution in [0.5, 0.6) is 5.75 Å². The normalized spacial score (nSPS) is 10.5. The number of carbonyl (C=O) groups is 1. The molecule has 3 nitrogen and oxygen atoms in total. The van der Waals surface area contributed by atoms with E-state index in [1.807, 2.05) is 0 Å². The molecular weight excluding hydrogens is 366 g/mol. The zero-order valence-electron chi connectivity index (χ0n) is 8.68. The van der Waals surface area contributed by atoms with Gasteiger partial charge in [0.25, 0.3) is 0 Å². The number of ether oxygens (including phenoxy) is 2. The van der Waals surface area contributed by atoms with Gasteiger partial charge in [-0.1, -0.05) is 15.9 Å². The van der Waals surface area contributed by atoms with E-state index >= 15 is 0 Å². The number of halogens is 4. The monoisotopic (exact) mass is 372 g/mol. The summed E-state index contributed by atoms with van der Waals surface area (Å²) in [5, 5.41) is 0. The van der Waals surface area contributed by atoms with Gasteiger partial charge in [0, 0.05) is 4.47 Å². The van der Waals surface area contributed by atoms with Crippen LogP contribution < -0.4 is 4.74 Å². The van der Waals surface area contributed by atoms with E-state index in [2.05, 4.69) is 41.3 Å². The molecule has 0 bridgehead atoms. The SMILES string of the molecule is COC(=O)Cc1c(Br)ccc(OC(F)F)c1Br. The summed E-state index contributed by atoms with van der Waals surface area (Å²) >= 11 is 6.35. The minimum absolute atomic E-state index is 0.0258. The largest absolute Gasteiger partial charge is 0.469 e. The number of benzene rings is 1. The van der Waals surface area contributed by atoms with Gasteiger partial charge in [-0.05, 0) is 33.6 Å². The second kappa shape index (κ2) is 6.30. The third-order valence-electron chi connectivity index (χ3n) is 1.92. The van der Waals surface area contributed by atoms with E-state index in [9.17, 15) is 13.6 Å². The molecule has 17 heavy (non-hydrogen) atoms. The fourth-order valence-corrected chi connectivity index (χ4v) is 2.46. The zero-order valence-corrected chi connectivity index (χ0v) is 11.8. The predicted molar refractivity (Wildman–Crippen MR) is 64.2 cm³/mol. The number of alkyl halides is 2. The van der Waals surface area contributed by atoms with E-state index in [0.717, 1.165) is 0 Å². The summed E-state index contributed by atoms with van der Waals surface area (Å²) in [6, 6.07) is 2.90. The molecule has 1 rings (SSSR count). The first-order chi connectivity index (χ1) is 7.95. The van der Waals surface area contributed by atoms with Crippen LogP contribution in [0.25, 0.3) is 0 Å². The fraction of sp³-hybridized carbons (Fsp3) is 0.300. The molecule has 1 aromatic rings. The molecule has 0 aliphatic rings. The smallest absolute Gasteiger partial charge is 0.387 e. The van der Waals surface area contributed by atoms with Crippen molar-refractivity contribution in [3.8, 4) is 5.75 Å². The topological polar surface area (TPSA) is 35.5 Å². The Bertz CT molecular complexity index is 424. The molecule has 0 atom stereocenters. The number of carbonyl (C=O) groups excluding carboxylic acids is 1. The molecule has 0 aromatic heterocycles. The molecule has 0 amide bonds. The van der Waals surface area contributed by atoms with Crippen molar-refractivity contribution in [1.82, 2.24) is 0 Å². The van der Waals surface area contributed by atoms with Crippen molar-refractivity contribution in [2.75, 3.05) is 7.11 Å². The summed E-state index contributed by atoms with van der Waals surface area (Å²) in [6.45, 7) is -2.92. The van der Waals surface area contributed by atoms with Gasteiger partial charge in [0.2, 0.25) is 0 Å². The van der Waals surface area contributed by atoms with Crippen molar-refractivity contribution in [3.05, 3.63) is 26.6 Å². The Morgan fingerprint density at radius 3 is 2.59 bits per heavy atom. The molecular formula is C10H8Br2F2O3. The fourth-order valence-electron chi connectivity index (χ4n) is 1.14.